The van der Waals surface area contributed by atoms with E-state index in [2.05, 4.69) is 13.8 Å². The second-order valence-corrected chi connectivity index (χ2v) is 4.69. The molecule has 0 spiro atoms. The highest BCUT2D eigenvalue weighted by Crippen LogP contribution is 2.44. The average Bonchev–Trinajstić information content (AvgIpc) is 2.43. The summed E-state index contributed by atoms with van der Waals surface area (Å²) in [5.74, 6) is -0.171. The molecule has 1 aliphatic carbocycles. The van der Waals surface area contributed by atoms with Crippen LogP contribution in [0.3, 0.4) is 0 Å². The molecular formula is C11H18O3. The molecule has 1 saturated heterocycles. The molecule has 2 aliphatic rings. The van der Waals surface area contributed by atoms with E-state index in [-0.39, 0.29) is 24.0 Å². The van der Waals surface area contributed by atoms with Crippen molar-refractivity contribution >= 4 is 5.97 Å². The maximum atomic E-state index is 11.1. The standard InChI is InChI=1S/C11H18O3/c1-6-7(2)14-9-5-3-4-8(10(6)9)11(12)13/h6-10H,3-5H2,1-2H3,(H,12,13)/t6-,7+,8+,9-,10+/m1/s1. The van der Waals surface area contributed by atoms with Gasteiger partial charge in [-0.3, -0.25) is 4.79 Å². The van der Waals surface area contributed by atoms with Crippen molar-refractivity contribution < 1.29 is 14.6 Å². The molecule has 0 aromatic carbocycles. The van der Waals surface area contributed by atoms with Crippen LogP contribution in [0.4, 0.5) is 0 Å². The third-order valence-corrected chi connectivity index (χ3v) is 3.95. The van der Waals surface area contributed by atoms with Crippen LogP contribution < -0.4 is 0 Å². The first kappa shape index (κ1) is 9.97. The fourth-order valence-electron chi connectivity index (χ4n) is 3.05. The maximum absolute atomic E-state index is 11.1. The van der Waals surface area contributed by atoms with Gasteiger partial charge in [-0.15, -0.1) is 0 Å². The first-order valence-electron chi connectivity index (χ1n) is 5.49. The van der Waals surface area contributed by atoms with Gasteiger partial charge in [0.1, 0.15) is 0 Å². The number of carboxylic acids is 1. The van der Waals surface area contributed by atoms with E-state index in [9.17, 15) is 4.79 Å². The minimum Gasteiger partial charge on any atom is -0.481 e. The zero-order valence-corrected chi connectivity index (χ0v) is 8.77. The second-order valence-electron chi connectivity index (χ2n) is 4.69. The van der Waals surface area contributed by atoms with Crippen LogP contribution in [0.25, 0.3) is 0 Å². The Balaban J connectivity index is 2.18. The van der Waals surface area contributed by atoms with E-state index in [4.69, 9.17) is 9.84 Å². The van der Waals surface area contributed by atoms with Crippen molar-refractivity contribution in [1.82, 2.24) is 0 Å². The Morgan fingerprint density at radius 2 is 2.07 bits per heavy atom. The summed E-state index contributed by atoms with van der Waals surface area (Å²) in [5, 5.41) is 9.13. The highest BCUT2D eigenvalue weighted by Gasteiger charge is 2.47. The molecule has 80 valence electrons. The second kappa shape index (κ2) is 3.54. The zero-order valence-electron chi connectivity index (χ0n) is 8.77. The minimum absolute atomic E-state index is 0.173. The Hall–Kier alpha value is -0.570. The summed E-state index contributed by atoms with van der Waals surface area (Å²) in [4.78, 5) is 11.1. The van der Waals surface area contributed by atoms with Crippen molar-refractivity contribution in [2.75, 3.05) is 0 Å². The van der Waals surface area contributed by atoms with E-state index in [1.165, 1.54) is 0 Å². The third kappa shape index (κ3) is 1.44. The summed E-state index contributed by atoms with van der Waals surface area (Å²) in [6.07, 6.45) is 3.30. The molecule has 0 aromatic rings. The van der Waals surface area contributed by atoms with Crippen molar-refractivity contribution in [3.8, 4) is 0 Å². The molecule has 0 unspecified atom stereocenters. The van der Waals surface area contributed by atoms with Crippen LogP contribution >= 0.6 is 0 Å². The Bertz CT molecular complexity index is 239. The molecule has 1 heterocycles. The lowest BCUT2D eigenvalue weighted by atomic mass is 9.72. The van der Waals surface area contributed by atoms with E-state index in [1.807, 2.05) is 0 Å². The van der Waals surface area contributed by atoms with Crippen molar-refractivity contribution in [3.63, 3.8) is 0 Å². The van der Waals surface area contributed by atoms with E-state index >= 15 is 0 Å². The molecule has 1 N–H and O–H groups in total. The van der Waals surface area contributed by atoms with Crippen molar-refractivity contribution in [3.05, 3.63) is 0 Å². The highest BCUT2D eigenvalue weighted by atomic mass is 16.5. The fourth-order valence-corrected chi connectivity index (χ4v) is 3.05. The lowest BCUT2D eigenvalue weighted by molar-refractivity contribution is -0.146. The number of hydrogen-bond acceptors (Lipinski definition) is 2. The SMILES string of the molecule is C[C@H]1[C@H]2[C@@H](C(=O)O)CCC[C@H]2O[C@H]1C. The zero-order chi connectivity index (χ0) is 10.3. The summed E-state index contributed by atoms with van der Waals surface area (Å²) in [5.41, 5.74) is 0. The number of ether oxygens (including phenoxy) is 1. The minimum atomic E-state index is -0.635. The third-order valence-electron chi connectivity index (χ3n) is 3.95. The van der Waals surface area contributed by atoms with E-state index in [0.29, 0.717) is 5.92 Å². The van der Waals surface area contributed by atoms with Gasteiger partial charge < -0.3 is 9.84 Å². The Morgan fingerprint density at radius 1 is 1.36 bits per heavy atom. The van der Waals surface area contributed by atoms with Gasteiger partial charge in [-0.05, 0) is 32.1 Å². The van der Waals surface area contributed by atoms with Crippen LogP contribution in [0.1, 0.15) is 33.1 Å². The topological polar surface area (TPSA) is 46.5 Å². The number of carboxylic acid groups (broad SMARTS) is 1. The van der Waals surface area contributed by atoms with Gasteiger partial charge >= 0.3 is 5.97 Å². The number of rotatable bonds is 1. The summed E-state index contributed by atoms with van der Waals surface area (Å²) in [7, 11) is 0. The number of aliphatic carboxylic acids is 1. The summed E-state index contributed by atoms with van der Waals surface area (Å²) >= 11 is 0. The van der Waals surface area contributed by atoms with Crippen molar-refractivity contribution in [2.45, 2.75) is 45.3 Å². The molecule has 14 heavy (non-hydrogen) atoms. The molecule has 2 fully saturated rings. The molecule has 0 radical (unpaired) electrons. The lowest BCUT2D eigenvalue weighted by Crippen LogP contribution is -2.36. The van der Waals surface area contributed by atoms with Gasteiger partial charge in [-0.1, -0.05) is 6.92 Å². The summed E-state index contributed by atoms with van der Waals surface area (Å²) < 4.78 is 5.79. The molecule has 2 rings (SSSR count). The summed E-state index contributed by atoms with van der Waals surface area (Å²) in [6, 6.07) is 0. The number of carbonyl (C=O) groups is 1. The molecule has 3 nitrogen and oxygen atoms in total. The molecule has 1 aliphatic heterocycles. The Morgan fingerprint density at radius 3 is 2.71 bits per heavy atom. The van der Waals surface area contributed by atoms with Gasteiger partial charge in [0.05, 0.1) is 18.1 Å². The molecule has 0 aromatic heterocycles. The molecule has 1 saturated carbocycles. The van der Waals surface area contributed by atoms with Gasteiger partial charge in [0.25, 0.3) is 0 Å². The van der Waals surface area contributed by atoms with Crippen LogP contribution in [0.15, 0.2) is 0 Å². The number of hydrogen-bond donors (Lipinski definition) is 1. The van der Waals surface area contributed by atoms with Crippen molar-refractivity contribution in [2.24, 2.45) is 17.8 Å². The fraction of sp³-hybridized carbons (Fsp3) is 0.909. The van der Waals surface area contributed by atoms with Gasteiger partial charge in [0.15, 0.2) is 0 Å². The van der Waals surface area contributed by atoms with E-state index in [0.717, 1.165) is 19.3 Å². The van der Waals surface area contributed by atoms with Gasteiger partial charge in [0, 0.05) is 5.92 Å². The van der Waals surface area contributed by atoms with E-state index in [1.54, 1.807) is 0 Å². The molecule has 3 heteroatoms. The van der Waals surface area contributed by atoms with Crippen LogP contribution in [-0.4, -0.2) is 23.3 Å². The molecule has 5 atom stereocenters. The van der Waals surface area contributed by atoms with Gasteiger partial charge in [-0.25, -0.2) is 0 Å². The first-order valence-corrected chi connectivity index (χ1v) is 5.49. The Kier molecular flexibility index (Phi) is 2.52. The number of fused-ring (bicyclic) bond motifs is 1. The predicted molar refractivity (Wildman–Crippen MR) is 52.0 cm³/mol. The monoisotopic (exact) mass is 198 g/mol. The average molecular weight is 198 g/mol. The van der Waals surface area contributed by atoms with Gasteiger partial charge in [-0.2, -0.15) is 0 Å². The van der Waals surface area contributed by atoms with Crippen LogP contribution in [0, 0.1) is 17.8 Å². The largest absolute Gasteiger partial charge is 0.481 e. The van der Waals surface area contributed by atoms with Crippen LogP contribution in [0.2, 0.25) is 0 Å². The molecule has 0 amide bonds. The summed E-state index contributed by atoms with van der Waals surface area (Å²) in [6.45, 7) is 4.18. The lowest BCUT2D eigenvalue weighted by Gasteiger charge is -2.31. The first-order chi connectivity index (χ1) is 6.61. The maximum Gasteiger partial charge on any atom is 0.306 e. The molecular weight excluding hydrogens is 180 g/mol. The normalized spacial score (nSPS) is 47.4. The van der Waals surface area contributed by atoms with Crippen LogP contribution in [-0.2, 0) is 9.53 Å². The van der Waals surface area contributed by atoms with E-state index < -0.39 is 5.97 Å². The van der Waals surface area contributed by atoms with Gasteiger partial charge in [0.2, 0.25) is 0 Å². The highest BCUT2D eigenvalue weighted by molar-refractivity contribution is 5.70. The van der Waals surface area contributed by atoms with Crippen molar-refractivity contribution in [1.29, 1.82) is 0 Å². The Labute approximate surface area is 84.4 Å². The predicted octanol–water partition coefficient (Wildman–Crippen LogP) is 1.91. The molecule has 0 bridgehead atoms. The quantitative estimate of drug-likeness (QED) is 0.700. The smallest absolute Gasteiger partial charge is 0.306 e. The van der Waals surface area contributed by atoms with Crippen LogP contribution in [0.5, 0.6) is 0 Å².